The van der Waals surface area contributed by atoms with Gasteiger partial charge in [-0.3, -0.25) is 4.79 Å². The van der Waals surface area contributed by atoms with Gasteiger partial charge in [-0.1, -0.05) is 32.4 Å². The second-order valence-electron chi connectivity index (χ2n) is 13.8. The Kier molecular flexibility index (Phi) is 8.56. The van der Waals surface area contributed by atoms with Crippen molar-refractivity contribution in [1.29, 1.82) is 0 Å². The molecule has 0 amide bonds. The maximum atomic E-state index is 11.8. The molecule has 4 N–H and O–H groups in total. The van der Waals surface area contributed by atoms with Crippen LogP contribution in [0.1, 0.15) is 85.0 Å². The lowest BCUT2D eigenvalue weighted by Gasteiger charge is -2.58. The minimum atomic E-state index is -1.42. The van der Waals surface area contributed by atoms with Crippen molar-refractivity contribution >= 4 is 5.97 Å². The summed E-state index contributed by atoms with van der Waals surface area (Å²) >= 11 is 0. The predicted molar refractivity (Wildman–Crippen MR) is 144 cm³/mol. The zero-order valence-corrected chi connectivity index (χ0v) is 24.1. The van der Waals surface area contributed by atoms with Crippen molar-refractivity contribution in [2.45, 2.75) is 122 Å². The van der Waals surface area contributed by atoms with Crippen molar-refractivity contribution in [1.82, 2.24) is 0 Å². The molecule has 4 aliphatic carbocycles. The highest BCUT2D eigenvalue weighted by Gasteiger charge is 2.59. The van der Waals surface area contributed by atoms with Crippen molar-refractivity contribution in [3.8, 4) is 0 Å². The summed E-state index contributed by atoms with van der Waals surface area (Å²) in [5.74, 6) is 3.16. The number of ether oxygens (including phenoxy) is 3. The van der Waals surface area contributed by atoms with E-state index >= 15 is 0 Å². The van der Waals surface area contributed by atoms with Gasteiger partial charge in [-0.25, -0.2) is 0 Å². The van der Waals surface area contributed by atoms with Crippen LogP contribution in [0.3, 0.4) is 0 Å². The molecule has 5 rings (SSSR count). The SMILES string of the molecule is COC(=O)CC[C@@H](C)[C@H]1CC[C@@H]2[C@@H]3CC=C4C[C@H](O[C@@H]5O[C@H](CO)[C@@H](O)[C@H](O)[C@H]5O)CC[C@@]4(C)[C@H]3CC[C@@]21C. The number of carbonyl (C=O) groups is 1. The second-order valence-corrected chi connectivity index (χ2v) is 13.8. The van der Waals surface area contributed by atoms with Gasteiger partial charge in [0.25, 0.3) is 0 Å². The van der Waals surface area contributed by atoms with Gasteiger partial charge in [0.15, 0.2) is 6.29 Å². The van der Waals surface area contributed by atoms with Gasteiger partial charge in [-0.2, -0.15) is 0 Å². The lowest BCUT2D eigenvalue weighted by atomic mass is 9.47. The fourth-order valence-electron chi connectivity index (χ4n) is 9.74. The molecule has 8 nitrogen and oxygen atoms in total. The summed E-state index contributed by atoms with van der Waals surface area (Å²) in [7, 11) is 1.47. The minimum absolute atomic E-state index is 0.103. The first-order valence-electron chi connectivity index (χ1n) is 15.3. The molecule has 1 saturated heterocycles. The van der Waals surface area contributed by atoms with Crippen molar-refractivity contribution in [3.63, 3.8) is 0 Å². The van der Waals surface area contributed by atoms with Crippen LogP contribution in [0.15, 0.2) is 11.6 Å². The molecule has 0 spiro atoms. The van der Waals surface area contributed by atoms with E-state index in [0.29, 0.717) is 35.5 Å². The molecule has 3 saturated carbocycles. The van der Waals surface area contributed by atoms with Crippen LogP contribution in [0.25, 0.3) is 0 Å². The summed E-state index contributed by atoms with van der Waals surface area (Å²) < 4.78 is 16.7. The molecule has 0 radical (unpaired) electrons. The van der Waals surface area contributed by atoms with Crippen LogP contribution in [0, 0.1) is 40.4 Å². The van der Waals surface area contributed by atoms with E-state index in [1.165, 1.54) is 38.4 Å². The highest BCUT2D eigenvalue weighted by atomic mass is 16.7. The second kappa shape index (κ2) is 11.3. The lowest BCUT2D eigenvalue weighted by molar-refractivity contribution is -0.313. The highest BCUT2D eigenvalue weighted by Crippen LogP contribution is 2.67. The van der Waals surface area contributed by atoms with Crippen LogP contribution in [0.2, 0.25) is 0 Å². The fourth-order valence-corrected chi connectivity index (χ4v) is 9.74. The summed E-state index contributed by atoms with van der Waals surface area (Å²) in [6.07, 6.45) is 6.37. The maximum absolute atomic E-state index is 11.8. The topological polar surface area (TPSA) is 126 Å². The smallest absolute Gasteiger partial charge is 0.305 e. The molecule has 13 atom stereocenters. The van der Waals surface area contributed by atoms with E-state index in [9.17, 15) is 25.2 Å². The monoisotopic (exact) mass is 550 g/mol. The zero-order valence-electron chi connectivity index (χ0n) is 24.1. The largest absolute Gasteiger partial charge is 0.469 e. The van der Waals surface area contributed by atoms with Gasteiger partial charge in [-0.15, -0.1) is 0 Å². The number of hydrogen-bond donors (Lipinski definition) is 4. The van der Waals surface area contributed by atoms with E-state index in [0.717, 1.165) is 38.0 Å². The number of allylic oxidation sites excluding steroid dienone is 1. The van der Waals surface area contributed by atoms with Gasteiger partial charge < -0.3 is 34.6 Å². The van der Waals surface area contributed by atoms with Crippen LogP contribution in [-0.2, 0) is 19.0 Å². The third-order valence-corrected chi connectivity index (χ3v) is 12.0. The Balaban J connectivity index is 1.25. The molecule has 1 heterocycles. The normalized spacial score (nSPS) is 48.4. The summed E-state index contributed by atoms with van der Waals surface area (Å²) in [6, 6.07) is 0. The molecule has 0 aromatic carbocycles. The summed E-state index contributed by atoms with van der Waals surface area (Å²) in [5.41, 5.74) is 1.93. The summed E-state index contributed by atoms with van der Waals surface area (Å²) in [4.78, 5) is 11.8. The number of hydrogen-bond acceptors (Lipinski definition) is 8. The van der Waals surface area contributed by atoms with Gasteiger partial charge in [-0.05, 0) is 98.2 Å². The Bertz CT molecular complexity index is 920. The third kappa shape index (κ3) is 5.12. The number of aliphatic hydroxyl groups excluding tert-OH is 4. The van der Waals surface area contributed by atoms with E-state index in [1.54, 1.807) is 0 Å². The van der Waals surface area contributed by atoms with E-state index < -0.39 is 37.3 Å². The third-order valence-electron chi connectivity index (χ3n) is 12.0. The molecule has 4 fully saturated rings. The molecular weight excluding hydrogens is 500 g/mol. The van der Waals surface area contributed by atoms with Crippen LogP contribution in [-0.4, -0.2) is 76.9 Å². The van der Waals surface area contributed by atoms with E-state index in [4.69, 9.17) is 14.2 Å². The van der Waals surface area contributed by atoms with Crippen LogP contribution in [0.4, 0.5) is 0 Å². The highest BCUT2D eigenvalue weighted by molar-refractivity contribution is 5.69. The minimum Gasteiger partial charge on any atom is -0.469 e. The Labute approximate surface area is 233 Å². The first kappa shape index (κ1) is 29.5. The molecule has 1 aliphatic heterocycles. The van der Waals surface area contributed by atoms with Gasteiger partial charge in [0, 0.05) is 6.42 Å². The molecule has 0 aromatic rings. The molecule has 5 aliphatic rings. The quantitative estimate of drug-likeness (QED) is 0.281. The number of fused-ring (bicyclic) bond motifs is 5. The summed E-state index contributed by atoms with van der Waals surface area (Å²) in [5, 5.41) is 40.2. The number of carbonyl (C=O) groups excluding carboxylic acids is 1. The van der Waals surface area contributed by atoms with Crippen molar-refractivity contribution < 1.29 is 39.4 Å². The van der Waals surface area contributed by atoms with Crippen molar-refractivity contribution in [3.05, 3.63) is 11.6 Å². The molecular formula is C31H50O8. The Morgan fingerprint density at radius 2 is 1.85 bits per heavy atom. The van der Waals surface area contributed by atoms with Crippen LogP contribution >= 0.6 is 0 Å². The standard InChI is InChI=1S/C31H50O8/c1-17(5-10-25(33)37-4)21-8-9-22-20-7-6-18-15-19(11-13-30(18,2)23(20)12-14-31(21,22)3)38-29-28(36)27(35)26(34)24(16-32)39-29/h6,17,19-24,26-29,32,34-36H,5,7-16H2,1-4H3/t17-,19-,20+,21-,22-,23+,24-,26-,27+,28-,29-,30-,31-/m1/s1. The Morgan fingerprint density at radius 1 is 1.08 bits per heavy atom. The van der Waals surface area contributed by atoms with E-state index in [2.05, 4.69) is 26.8 Å². The van der Waals surface area contributed by atoms with Gasteiger partial charge in [0.1, 0.15) is 24.4 Å². The molecule has 0 bridgehead atoms. The number of aliphatic hydroxyl groups is 4. The zero-order chi connectivity index (χ0) is 28.1. The van der Waals surface area contributed by atoms with E-state index in [-0.39, 0.29) is 17.5 Å². The average Bonchev–Trinajstić information content (AvgIpc) is 3.29. The predicted octanol–water partition coefficient (Wildman–Crippen LogP) is 3.34. The summed E-state index contributed by atoms with van der Waals surface area (Å²) in [6.45, 7) is 6.87. The van der Waals surface area contributed by atoms with E-state index in [1.807, 2.05) is 0 Å². The molecule has 8 heteroatoms. The van der Waals surface area contributed by atoms with Gasteiger partial charge in [0.2, 0.25) is 0 Å². The number of methoxy groups -OCH3 is 1. The molecule has 0 aromatic heterocycles. The Hall–Kier alpha value is -1.03. The molecule has 0 unspecified atom stereocenters. The molecule has 39 heavy (non-hydrogen) atoms. The fraction of sp³-hybridized carbons (Fsp3) is 0.903. The Morgan fingerprint density at radius 3 is 2.56 bits per heavy atom. The maximum Gasteiger partial charge on any atom is 0.305 e. The first-order chi connectivity index (χ1) is 18.5. The average molecular weight is 551 g/mol. The first-order valence-corrected chi connectivity index (χ1v) is 15.3. The number of esters is 1. The van der Waals surface area contributed by atoms with Crippen molar-refractivity contribution in [2.24, 2.45) is 40.4 Å². The number of rotatable bonds is 7. The molecule has 222 valence electrons. The van der Waals surface area contributed by atoms with Gasteiger partial charge >= 0.3 is 5.97 Å². The lowest BCUT2D eigenvalue weighted by Crippen LogP contribution is -2.60. The van der Waals surface area contributed by atoms with Gasteiger partial charge in [0.05, 0.1) is 19.8 Å². The van der Waals surface area contributed by atoms with Crippen molar-refractivity contribution in [2.75, 3.05) is 13.7 Å². The van der Waals surface area contributed by atoms with Crippen LogP contribution in [0.5, 0.6) is 0 Å². The van der Waals surface area contributed by atoms with Crippen LogP contribution < -0.4 is 0 Å².